The molecule has 0 radical (unpaired) electrons. The van der Waals surface area contributed by atoms with Gasteiger partial charge in [-0.05, 0) is 36.2 Å². The predicted molar refractivity (Wildman–Crippen MR) is 109 cm³/mol. The average Bonchev–Trinajstić information content (AvgIpc) is 2.65. The molecule has 2 aromatic heterocycles. The zero-order valence-corrected chi connectivity index (χ0v) is 17.1. The fourth-order valence-corrected chi connectivity index (χ4v) is 3.47. The van der Waals surface area contributed by atoms with Crippen molar-refractivity contribution in [2.24, 2.45) is 5.92 Å². The number of sulfone groups is 1. The molecule has 0 atom stereocenters. The first kappa shape index (κ1) is 20.7. The van der Waals surface area contributed by atoms with E-state index in [4.69, 9.17) is 5.73 Å². The van der Waals surface area contributed by atoms with Gasteiger partial charge in [-0.2, -0.15) is 0 Å². The average molecular weight is 416 g/mol. The Balaban J connectivity index is 2.11. The highest BCUT2D eigenvalue weighted by atomic mass is 32.2. The van der Waals surface area contributed by atoms with E-state index < -0.39 is 15.7 Å². The van der Waals surface area contributed by atoms with Gasteiger partial charge >= 0.3 is 0 Å². The molecular formula is C20H21FN4O3S. The van der Waals surface area contributed by atoms with E-state index in [0.717, 1.165) is 6.26 Å². The molecular weight excluding hydrogens is 395 g/mol. The van der Waals surface area contributed by atoms with Gasteiger partial charge in [0.25, 0.3) is 5.56 Å². The standard InChI is InChI=1S/C20H21FN4O3S/c1-12(2)10-25-11-14(6-9-16(25)26)18-17(21)19(22)24-20(23-18)13-4-7-15(8-5-13)29(3,27)28/h4-9,11-12H,10H2,1-3H3,(H2,22,23,24). The van der Waals surface area contributed by atoms with E-state index in [1.807, 2.05) is 13.8 Å². The molecule has 0 bridgehead atoms. The Kier molecular flexibility index (Phi) is 5.52. The first-order valence-corrected chi connectivity index (χ1v) is 10.8. The molecule has 0 unspecified atom stereocenters. The summed E-state index contributed by atoms with van der Waals surface area (Å²) in [6, 6.07) is 8.77. The van der Waals surface area contributed by atoms with Crippen molar-refractivity contribution in [2.45, 2.75) is 25.3 Å². The van der Waals surface area contributed by atoms with Crippen molar-refractivity contribution >= 4 is 15.7 Å². The molecule has 0 amide bonds. The summed E-state index contributed by atoms with van der Waals surface area (Å²) in [5, 5.41) is 0. The van der Waals surface area contributed by atoms with E-state index >= 15 is 0 Å². The topological polar surface area (TPSA) is 108 Å². The van der Waals surface area contributed by atoms with E-state index in [0.29, 0.717) is 17.7 Å². The summed E-state index contributed by atoms with van der Waals surface area (Å²) >= 11 is 0. The minimum absolute atomic E-state index is 0.0304. The Bertz CT molecular complexity index is 1220. The Hall–Kier alpha value is -3.07. The van der Waals surface area contributed by atoms with Crippen LogP contribution in [0.1, 0.15) is 13.8 Å². The maximum Gasteiger partial charge on any atom is 0.250 e. The normalized spacial score (nSPS) is 11.8. The third-order valence-electron chi connectivity index (χ3n) is 4.24. The number of halogens is 1. The van der Waals surface area contributed by atoms with Crippen LogP contribution in [0, 0.1) is 11.7 Å². The van der Waals surface area contributed by atoms with Crippen molar-refractivity contribution in [3.8, 4) is 22.6 Å². The molecule has 3 aromatic rings. The number of aromatic nitrogens is 3. The van der Waals surface area contributed by atoms with E-state index in [-0.39, 0.29) is 33.7 Å². The molecule has 0 saturated heterocycles. The molecule has 7 nitrogen and oxygen atoms in total. The van der Waals surface area contributed by atoms with Gasteiger partial charge < -0.3 is 10.3 Å². The van der Waals surface area contributed by atoms with E-state index in [2.05, 4.69) is 9.97 Å². The van der Waals surface area contributed by atoms with Crippen LogP contribution in [0.15, 0.2) is 52.3 Å². The molecule has 152 valence electrons. The Morgan fingerprint density at radius 1 is 1.07 bits per heavy atom. The van der Waals surface area contributed by atoms with Gasteiger partial charge in [0, 0.05) is 36.2 Å². The van der Waals surface area contributed by atoms with Gasteiger partial charge in [-0.3, -0.25) is 4.79 Å². The van der Waals surface area contributed by atoms with Crippen LogP contribution >= 0.6 is 0 Å². The Morgan fingerprint density at radius 2 is 1.69 bits per heavy atom. The van der Waals surface area contributed by atoms with Crippen molar-refractivity contribution in [3.63, 3.8) is 0 Å². The predicted octanol–water partition coefficient (Wildman–Crippen LogP) is 2.75. The number of nitrogen functional groups attached to an aromatic ring is 1. The Labute approximate surface area is 168 Å². The monoisotopic (exact) mass is 416 g/mol. The largest absolute Gasteiger partial charge is 0.381 e. The molecule has 0 aliphatic rings. The lowest BCUT2D eigenvalue weighted by Gasteiger charge is -2.12. The number of nitrogens with zero attached hydrogens (tertiary/aromatic N) is 3. The second-order valence-corrected chi connectivity index (χ2v) is 9.21. The van der Waals surface area contributed by atoms with Crippen LogP contribution in [-0.4, -0.2) is 29.2 Å². The van der Waals surface area contributed by atoms with Crippen LogP contribution in [0.2, 0.25) is 0 Å². The molecule has 0 spiro atoms. The lowest BCUT2D eigenvalue weighted by atomic mass is 10.1. The van der Waals surface area contributed by atoms with Crippen molar-refractivity contribution in [1.29, 1.82) is 0 Å². The van der Waals surface area contributed by atoms with Gasteiger partial charge in [-0.15, -0.1) is 0 Å². The maximum absolute atomic E-state index is 14.7. The minimum atomic E-state index is -3.34. The number of hydrogen-bond donors (Lipinski definition) is 1. The molecule has 2 heterocycles. The highest BCUT2D eigenvalue weighted by Crippen LogP contribution is 2.27. The summed E-state index contributed by atoms with van der Waals surface area (Å²) in [5.41, 5.74) is 6.41. The zero-order valence-electron chi connectivity index (χ0n) is 16.3. The first-order chi connectivity index (χ1) is 13.6. The molecule has 0 saturated carbocycles. The zero-order chi connectivity index (χ0) is 21.3. The molecule has 0 aliphatic heterocycles. The summed E-state index contributed by atoms with van der Waals surface area (Å²) in [4.78, 5) is 20.5. The molecule has 3 rings (SSSR count). The summed E-state index contributed by atoms with van der Waals surface area (Å²) in [6.07, 6.45) is 2.66. The molecule has 0 aliphatic carbocycles. The van der Waals surface area contributed by atoms with Gasteiger partial charge in [-0.1, -0.05) is 13.8 Å². The smallest absolute Gasteiger partial charge is 0.250 e. The number of nitrogens with two attached hydrogens (primary N) is 1. The molecule has 1 aromatic carbocycles. The Morgan fingerprint density at radius 3 is 2.28 bits per heavy atom. The van der Waals surface area contributed by atoms with Crippen LogP contribution < -0.4 is 11.3 Å². The highest BCUT2D eigenvalue weighted by Gasteiger charge is 2.17. The summed E-state index contributed by atoms with van der Waals surface area (Å²) in [6.45, 7) is 4.43. The second-order valence-electron chi connectivity index (χ2n) is 7.19. The maximum atomic E-state index is 14.7. The third-order valence-corrected chi connectivity index (χ3v) is 5.36. The van der Waals surface area contributed by atoms with E-state index in [1.54, 1.807) is 6.20 Å². The number of benzene rings is 1. The molecule has 2 N–H and O–H groups in total. The quantitative estimate of drug-likeness (QED) is 0.685. The van der Waals surface area contributed by atoms with Gasteiger partial charge in [0.1, 0.15) is 5.69 Å². The number of rotatable bonds is 5. The van der Waals surface area contributed by atoms with Crippen LogP contribution in [0.5, 0.6) is 0 Å². The van der Waals surface area contributed by atoms with Crippen LogP contribution in [-0.2, 0) is 16.4 Å². The lowest BCUT2D eigenvalue weighted by Crippen LogP contribution is -2.21. The fraction of sp³-hybridized carbons (Fsp3) is 0.250. The molecule has 9 heteroatoms. The third kappa shape index (κ3) is 4.51. The van der Waals surface area contributed by atoms with Crippen molar-refractivity contribution in [3.05, 3.63) is 58.8 Å². The number of pyridine rings is 1. The van der Waals surface area contributed by atoms with E-state index in [1.165, 1.54) is 41.0 Å². The van der Waals surface area contributed by atoms with E-state index in [9.17, 15) is 17.6 Å². The minimum Gasteiger partial charge on any atom is -0.381 e. The van der Waals surface area contributed by atoms with Crippen LogP contribution in [0.3, 0.4) is 0 Å². The van der Waals surface area contributed by atoms with Gasteiger partial charge in [0.2, 0.25) is 0 Å². The number of hydrogen-bond acceptors (Lipinski definition) is 6. The second kappa shape index (κ2) is 7.75. The van der Waals surface area contributed by atoms with Gasteiger partial charge in [0.05, 0.1) is 4.90 Å². The number of anilines is 1. The van der Waals surface area contributed by atoms with Crippen molar-refractivity contribution < 1.29 is 12.8 Å². The summed E-state index contributed by atoms with van der Waals surface area (Å²) in [5.74, 6) is -0.734. The summed E-state index contributed by atoms with van der Waals surface area (Å²) < 4.78 is 39.4. The summed E-state index contributed by atoms with van der Waals surface area (Å²) in [7, 11) is -3.34. The molecule has 0 fully saturated rings. The first-order valence-electron chi connectivity index (χ1n) is 8.90. The lowest BCUT2D eigenvalue weighted by molar-refractivity contribution is 0.511. The van der Waals surface area contributed by atoms with Crippen LogP contribution in [0.25, 0.3) is 22.6 Å². The van der Waals surface area contributed by atoms with Gasteiger partial charge in [0.15, 0.2) is 27.3 Å². The highest BCUT2D eigenvalue weighted by molar-refractivity contribution is 7.90. The fourth-order valence-electron chi connectivity index (χ4n) is 2.84. The van der Waals surface area contributed by atoms with Crippen molar-refractivity contribution in [1.82, 2.24) is 14.5 Å². The van der Waals surface area contributed by atoms with Gasteiger partial charge in [-0.25, -0.2) is 22.8 Å². The molecule has 29 heavy (non-hydrogen) atoms. The van der Waals surface area contributed by atoms with Crippen LogP contribution in [0.4, 0.5) is 10.2 Å². The van der Waals surface area contributed by atoms with Crippen molar-refractivity contribution in [2.75, 3.05) is 12.0 Å². The SMILES string of the molecule is CC(C)Cn1cc(-c2nc(-c3ccc(S(C)(=O)=O)cc3)nc(N)c2F)ccc1=O.